The van der Waals surface area contributed by atoms with E-state index in [1.54, 1.807) is 35.9 Å². The lowest BCUT2D eigenvalue weighted by Gasteiger charge is -2.18. The van der Waals surface area contributed by atoms with Gasteiger partial charge in [-0.3, -0.25) is 9.59 Å². The van der Waals surface area contributed by atoms with Gasteiger partial charge in [0.05, 0.1) is 5.69 Å². The molecule has 3 aromatic rings. The Bertz CT molecular complexity index is 1100. The highest BCUT2D eigenvalue weighted by Crippen LogP contribution is 2.23. The molecule has 1 unspecified atom stereocenters. The van der Waals surface area contributed by atoms with Crippen LogP contribution in [-0.2, 0) is 0 Å². The van der Waals surface area contributed by atoms with Gasteiger partial charge < -0.3 is 10.2 Å². The monoisotopic (exact) mass is 422 g/mol. The zero-order valence-electron chi connectivity index (χ0n) is 16.7. The normalized spacial score (nSPS) is 15.9. The van der Waals surface area contributed by atoms with Crippen LogP contribution in [-0.4, -0.2) is 35.3 Å². The van der Waals surface area contributed by atoms with Gasteiger partial charge in [-0.15, -0.1) is 0 Å². The van der Waals surface area contributed by atoms with Gasteiger partial charge in [0.1, 0.15) is 0 Å². The van der Waals surface area contributed by atoms with Crippen LogP contribution in [0, 0.1) is 12.8 Å². The van der Waals surface area contributed by atoms with Gasteiger partial charge in [0.25, 0.3) is 5.91 Å². The molecular formula is C23H23ClN4O2. The number of aromatic nitrogens is 2. The quantitative estimate of drug-likeness (QED) is 0.683. The molecule has 0 spiro atoms. The van der Waals surface area contributed by atoms with Crippen molar-refractivity contribution in [3.8, 4) is 5.69 Å². The van der Waals surface area contributed by atoms with Crippen molar-refractivity contribution in [2.45, 2.75) is 13.3 Å². The number of hydrogen-bond donors (Lipinski definition) is 1. The van der Waals surface area contributed by atoms with Crippen molar-refractivity contribution < 1.29 is 4.79 Å². The van der Waals surface area contributed by atoms with Crippen LogP contribution in [0.5, 0.6) is 0 Å². The number of nitrogens with zero attached hydrogens (tertiary/aromatic N) is 3. The van der Waals surface area contributed by atoms with Crippen molar-refractivity contribution >= 4 is 23.2 Å². The van der Waals surface area contributed by atoms with E-state index in [2.05, 4.69) is 27.4 Å². The Labute approximate surface area is 180 Å². The van der Waals surface area contributed by atoms with Gasteiger partial charge in [0, 0.05) is 42.1 Å². The number of nitrogens with one attached hydrogen (secondary N) is 1. The molecule has 1 aliphatic heterocycles. The summed E-state index contributed by atoms with van der Waals surface area (Å²) >= 11 is 5.95. The Morgan fingerprint density at radius 1 is 1.13 bits per heavy atom. The van der Waals surface area contributed by atoms with Crippen LogP contribution in [0.25, 0.3) is 5.69 Å². The van der Waals surface area contributed by atoms with Gasteiger partial charge in [-0.1, -0.05) is 29.8 Å². The van der Waals surface area contributed by atoms with E-state index >= 15 is 0 Å². The number of halogens is 1. The first-order chi connectivity index (χ1) is 14.5. The third-order valence-corrected chi connectivity index (χ3v) is 5.60. The summed E-state index contributed by atoms with van der Waals surface area (Å²) < 4.78 is 1.58. The van der Waals surface area contributed by atoms with Crippen LogP contribution in [0.4, 0.5) is 5.69 Å². The largest absolute Gasteiger partial charge is 0.371 e. The van der Waals surface area contributed by atoms with Crippen LogP contribution < -0.4 is 15.6 Å². The summed E-state index contributed by atoms with van der Waals surface area (Å²) in [5.74, 6) is -0.112. The van der Waals surface area contributed by atoms with Gasteiger partial charge in [0.15, 0.2) is 5.69 Å². The van der Waals surface area contributed by atoms with Gasteiger partial charge in [-0.05, 0) is 55.7 Å². The molecule has 2 aromatic carbocycles. The molecule has 7 heteroatoms. The first kappa shape index (κ1) is 20.2. The topological polar surface area (TPSA) is 67.2 Å². The maximum Gasteiger partial charge on any atom is 0.275 e. The minimum Gasteiger partial charge on any atom is -0.371 e. The molecule has 1 fully saturated rings. The molecule has 1 atom stereocenters. The smallest absolute Gasteiger partial charge is 0.275 e. The zero-order chi connectivity index (χ0) is 21.1. The van der Waals surface area contributed by atoms with Crippen molar-refractivity contribution in [2.24, 2.45) is 5.92 Å². The van der Waals surface area contributed by atoms with E-state index in [1.807, 2.05) is 18.2 Å². The number of aryl methyl sites for hydroxylation is 1. The Balaban J connectivity index is 1.44. The molecule has 2 heterocycles. The molecule has 6 nitrogen and oxygen atoms in total. The molecule has 0 radical (unpaired) electrons. The highest BCUT2D eigenvalue weighted by Gasteiger charge is 2.24. The predicted octanol–water partition coefficient (Wildman–Crippen LogP) is 3.45. The number of para-hydroxylation sites is 1. The molecule has 30 heavy (non-hydrogen) atoms. The van der Waals surface area contributed by atoms with Gasteiger partial charge in [-0.25, -0.2) is 4.68 Å². The molecular weight excluding hydrogens is 400 g/mol. The fourth-order valence-corrected chi connectivity index (χ4v) is 3.87. The maximum absolute atomic E-state index is 12.7. The van der Waals surface area contributed by atoms with Crippen LogP contribution in [0.3, 0.4) is 0 Å². The van der Waals surface area contributed by atoms with Crippen molar-refractivity contribution in [3.05, 3.63) is 87.3 Å². The summed E-state index contributed by atoms with van der Waals surface area (Å²) in [5, 5.41) is 7.82. The van der Waals surface area contributed by atoms with E-state index < -0.39 is 5.91 Å². The number of carbonyl (C=O) groups excluding carboxylic acids is 1. The second-order valence-electron chi connectivity index (χ2n) is 7.53. The number of benzene rings is 2. The number of amides is 1. The second-order valence-corrected chi connectivity index (χ2v) is 7.97. The summed E-state index contributed by atoms with van der Waals surface area (Å²) in [4.78, 5) is 27.4. The lowest BCUT2D eigenvalue weighted by Crippen LogP contribution is -2.35. The van der Waals surface area contributed by atoms with Crippen molar-refractivity contribution in [3.63, 3.8) is 0 Å². The summed E-state index contributed by atoms with van der Waals surface area (Å²) in [6, 6.07) is 18.8. The zero-order valence-corrected chi connectivity index (χ0v) is 17.5. The number of anilines is 1. The fraction of sp³-hybridized carbons (Fsp3) is 0.261. The molecule has 1 aliphatic rings. The Morgan fingerprint density at radius 3 is 2.60 bits per heavy atom. The first-order valence-electron chi connectivity index (χ1n) is 9.96. The standard InChI is InChI=1S/C23H23ClN4O2/c1-16-13-21(29)22(26-28(16)20-9-7-18(24)8-10-20)23(30)25-14-17-11-12-27(15-17)19-5-3-2-4-6-19/h2-10,13,17H,11-12,14-15H2,1H3,(H,25,30). The molecule has 154 valence electrons. The summed E-state index contributed by atoms with van der Waals surface area (Å²) in [6.45, 7) is 4.12. The van der Waals surface area contributed by atoms with Crippen LogP contribution >= 0.6 is 11.6 Å². The third-order valence-electron chi connectivity index (χ3n) is 5.35. The third kappa shape index (κ3) is 4.39. The van der Waals surface area contributed by atoms with Crippen LogP contribution in [0.1, 0.15) is 22.6 Å². The van der Waals surface area contributed by atoms with E-state index in [-0.39, 0.29) is 11.1 Å². The highest BCUT2D eigenvalue weighted by molar-refractivity contribution is 6.30. The Hall–Kier alpha value is -3.12. The summed E-state index contributed by atoms with van der Waals surface area (Å²) in [6.07, 6.45) is 0.992. The van der Waals surface area contributed by atoms with Gasteiger partial charge >= 0.3 is 0 Å². The summed E-state index contributed by atoms with van der Waals surface area (Å²) in [5.41, 5.74) is 2.09. The average Bonchev–Trinajstić information content (AvgIpc) is 3.23. The Kier molecular flexibility index (Phi) is 5.86. The van der Waals surface area contributed by atoms with Crippen LogP contribution in [0.15, 0.2) is 65.5 Å². The Morgan fingerprint density at radius 2 is 1.87 bits per heavy atom. The summed E-state index contributed by atoms with van der Waals surface area (Å²) in [7, 11) is 0. The van der Waals surface area contributed by atoms with Gasteiger partial charge in [-0.2, -0.15) is 5.10 Å². The predicted molar refractivity (Wildman–Crippen MR) is 119 cm³/mol. The van der Waals surface area contributed by atoms with Crippen molar-refractivity contribution in [1.29, 1.82) is 0 Å². The van der Waals surface area contributed by atoms with Crippen molar-refractivity contribution in [2.75, 3.05) is 24.5 Å². The SMILES string of the molecule is Cc1cc(=O)c(C(=O)NCC2CCN(c3ccccc3)C2)nn1-c1ccc(Cl)cc1. The maximum atomic E-state index is 12.7. The van der Waals surface area contributed by atoms with E-state index in [1.165, 1.54) is 11.8 Å². The molecule has 0 aliphatic carbocycles. The van der Waals surface area contributed by atoms with E-state index in [9.17, 15) is 9.59 Å². The molecule has 1 aromatic heterocycles. The minimum atomic E-state index is -0.444. The molecule has 1 amide bonds. The number of rotatable bonds is 5. The minimum absolute atomic E-state index is 0.103. The number of carbonyl (C=O) groups is 1. The molecule has 0 bridgehead atoms. The lowest BCUT2D eigenvalue weighted by atomic mass is 10.1. The first-order valence-corrected chi connectivity index (χ1v) is 10.3. The molecule has 1 saturated heterocycles. The van der Waals surface area contributed by atoms with Crippen molar-refractivity contribution in [1.82, 2.24) is 15.1 Å². The number of hydrogen-bond acceptors (Lipinski definition) is 4. The molecule has 4 rings (SSSR count). The van der Waals surface area contributed by atoms with E-state index in [4.69, 9.17) is 11.6 Å². The fourth-order valence-electron chi connectivity index (χ4n) is 3.74. The highest BCUT2D eigenvalue weighted by atomic mass is 35.5. The lowest BCUT2D eigenvalue weighted by molar-refractivity contribution is 0.0940. The van der Waals surface area contributed by atoms with E-state index in [0.29, 0.717) is 23.2 Å². The molecule has 0 saturated carbocycles. The van der Waals surface area contributed by atoms with Crippen LogP contribution in [0.2, 0.25) is 5.02 Å². The molecule has 1 N–H and O–H groups in total. The van der Waals surface area contributed by atoms with E-state index in [0.717, 1.165) is 25.2 Å². The average molecular weight is 423 g/mol. The second kappa shape index (κ2) is 8.71. The van der Waals surface area contributed by atoms with Gasteiger partial charge in [0.2, 0.25) is 5.43 Å².